The van der Waals surface area contributed by atoms with Crippen LogP contribution in [0.1, 0.15) is 19.3 Å². The number of piperidine rings is 1. The van der Waals surface area contributed by atoms with Crippen LogP contribution in [0.15, 0.2) is 30.9 Å². The molecule has 0 bridgehead atoms. The number of aromatic nitrogens is 2. The van der Waals surface area contributed by atoms with Gasteiger partial charge in [0.05, 0.1) is 5.52 Å². The maximum Gasteiger partial charge on any atom is 0.247 e. The van der Waals surface area contributed by atoms with Crippen LogP contribution in [0.25, 0.3) is 10.9 Å². The molecule has 2 heterocycles. The minimum Gasteiger partial charge on any atom is -0.355 e. The molecule has 0 unspecified atom stereocenters. The van der Waals surface area contributed by atoms with E-state index in [1.54, 1.807) is 0 Å². The van der Waals surface area contributed by atoms with Crippen LogP contribution in [0.5, 0.6) is 0 Å². The number of aryl methyl sites for hydroxylation is 1. The Morgan fingerprint density at radius 2 is 2.10 bits per heavy atom. The van der Waals surface area contributed by atoms with Gasteiger partial charge in [0.1, 0.15) is 0 Å². The van der Waals surface area contributed by atoms with E-state index in [-0.39, 0.29) is 5.91 Å². The fraction of sp³-hybridized carbons (Fsp3) is 0.375. The van der Waals surface area contributed by atoms with Crippen molar-refractivity contribution in [3.8, 4) is 0 Å². The Bertz CT molecular complexity index is 683. The molecule has 110 valence electrons. The first-order valence-corrected chi connectivity index (χ1v) is 7.34. The van der Waals surface area contributed by atoms with Crippen LogP contribution in [0, 0.1) is 0 Å². The van der Waals surface area contributed by atoms with Crippen LogP contribution in [0.3, 0.4) is 0 Å². The monoisotopic (exact) mass is 284 g/mol. The average Bonchev–Trinajstić information content (AvgIpc) is 2.85. The Kier molecular flexibility index (Phi) is 3.64. The maximum absolute atomic E-state index is 11.4. The highest BCUT2D eigenvalue weighted by Crippen LogP contribution is 2.29. The zero-order valence-corrected chi connectivity index (χ0v) is 12.3. The summed E-state index contributed by atoms with van der Waals surface area (Å²) in [5.41, 5.74) is 1.79. The van der Waals surface area contributed by atoms with E-state index in [9.17, 15) is 4.79 Å². The van der Waals surface area contributed by atoms with Crippen LogP contribution >= 0.6 is 0 Å². The number of carbonyl (C=O) groups is 1. The van der Waals surface area contributed by atoms with Crippen molar-refractivity contribution in [2.24, 2.45) is 7.05 Å². The quantitative estimate of drug-likeness (QED) is 0.882. The number of fused-ring (bicyclic) bond motifs is 1. The van der Waals surface area contributed by atoms with Gasteiger partial charge in [0.25, 0.3) is 0 Å². The van der Waals surface area contributed by atoms with E-state index >= 15 is 0 Å². The molecule has 1 aliphatic rings. The van der Waals surface area contributed by atoms with E-state index in [0.29, 0.717) is 0 Å². The first kappa shape index (κ1) is 13.7. The summed E-state index contributed by atoms with van der Waals surface area (Å²) in [6.07, 6.45) is 5.03. The predicted molar refractivity (Wildman–Crippen MR) is 85.6 cm³/mol. The van der Waals surface area contributed by atoms with Crippen LogP contribution in [0.2, 0.25) is 0 Å². The molecule has 1 aromatic carbocycles. The molecular formula is C16H20N4O. The highest BCUT2D eigenvalue weighted by molar-refractivity contribution is 6.01. The van der Waals surface area contributed by atoms with Gasteiger partial charge in [-0.2, -0.15) is 5.10 Å². The molecule has 0 spiro atoms. The molecule has 0 atom stereocenters. The summed E-state index contributed by atoms with van der Waals surface area (Å²) in [4.78, 5) is 13.7. The van der Waals surface area contributed by atoms with Crippen molar-refractivity contribution in [3.05, 3.63) is 30.9 Å². The lowest BCUT2D eigenvalue weighted by atomic mass is 10.1. The van der Waals surface area contributed by atoms with Crippen LogP contribution in [-0.2, 0) is 11.8 Å². The largest absolute Gasteiger partial charge is 0.355 e. The van der Waals surface area contributed by atoms with Crippen LogP contribution in [-0.4, -0.2) is 28.8 Å². The van der Waals surface area contributed by atoms with Gasteiger partial charge < -0.3 is 10.2 Å². The number of nitrogens with zero attached hydrogens (tertiary/aromatic N) is 3. The predicted octanol–water partition coefficient (Wildman–Crippen LogP) is 2.69. The second kappa shape index (κ2) is 5.60. The smallest absolute Gasteiger partial charge is 0.247 e. The van der Waals surface area contributed by atoms with Crippen LogP contribution < -0.4 is 10.2 Å². The molecule has 0 radical (unpaired) electrons. The molecule has 1 aromatic heterocycles. The molecule has 1 fully saturated rings. The van der Waals surface area contributed by atoms with E-state index in [4.69, 9.17) is 0 Å². The van der Waals surface area contributed by atoms with Gasteiger partial charge in [-0.3, -0.25) is 9.48 Å². The second-order valence-corrected chi connectivity index (χ2v) is 5.42. The van der Waals surface area contributed by atoms with Gasteiger partial charge >= 0.3 is 0 Å². The van der Waals surface area contributed by atoms with Crippen molar-refractivity contribution >= 4 is 28.3 Å². The van der Waals surface area contributed by atoms with Gasteiger partial charge in [-0.25, -0.2) is 0 Å². The summed E-state index contributed by atoms with van der Waals surface area (Å²) in [5, 5.41) is 8.59. The van der Waals surface area contributed by atoms with Crippen molar-refractivity contribution < 1.29 is 4.79 Å². The summed E-state index contributed by atoms with van der Waals surface area (Å²) in [6, 6.07) is 5.90. The first-order chi connectivity index (χ1) is 10.2. The van der Waals surface area contributed by atoms with Crippen molar-refractivity contribution in [3.63, 3.8) is 0 Å². The molecule has 3 rings (SSSR count). The molecule has 21 heavy (non-hydrogen) atoms. The molecule has 5 nitrogen and oxygen atoms in total. The summed E-state index contributed by atoms with van der Waals surface area (Å²) >= 11 is 0. The fourth-order valence-corrected chi connectivity index (χ4v) is 2.85. The summed E-state index contributed by atoms with van der Waals surface area (Å²) in [5.74, 6) is 0.849. The molecule has 0 saturated carbocycles. The number of carbonyl (C=O) groups excluding carboxylic acids is 1. The van der Waals surface area contributed by atoms with Crippen LogP contribution in [0.4, 0.5) is 11.5 Å². The van der Waals surface area contributed by atoms with E-state index in [2.05, 4.69) is 21.9 Å². The molecule has 0 aliphatic carbocycles. The number of amides is 1. The molecule has 1 N–H and O–H groups in total. The number of benzene rings is 1. The first-order valence-electron chi connectivity index (χ1n) is 7.34. The topological polar surface area (TPSA) is 50.2 Å². The second-order valence-electron chi connectivity index (χ2n) is 5.42. The average molecular weight is 284 g/mol. The van der Waals surface area contributed by atoms with E-state index in [1.807, 2.05) is 29.9 Å². The van der Waals surface area contributed by atoms with E-state index < -0.39 is 0 Å². The van der Waals surface area contributed by atoms with Gasteiger partial charge in [0, 0.05) is 31.2 Å². The highest BCUT2D eigenvalue weighted by atomic mass is 16.1. The van der Waals surface area contributed by atoms with Crippen molar-refractivity contribution in [1.29, 1.82) is 0 Å². The van der Waals surface area contributed by atoms with E-state index in [0.717, 1.165) is 35.5 Å². The lowest BCUT2D eigenvalue weighted by Crippen LogP contribution is -2.29. The number of rotatable bonds is 3. The maximum atomic E-state index is 11.4. The molecule has 2 aromatic rings. The third-order valence-corrected chi connectivity index (χ3v) is 3.94. The number of hydrogen-bond acceptors (Lipinski definition) is 3. The Morgan fingerprint density at radius 3 is 2.81 bits per heavy atom. The fourth-order valence-electron chi connectivity index (χ4n) is 2.85. The van der Waals surface area contributed by atoms with Gasteiger partial charge in [-0.05, 0) is 43.5 Å². The SMILES string of the molecule is C=CC(=O)Nc1ccc2c(N3CCCCC3)nn(C)c2c1. The Hall–Kier alpha value is -2.30. The zero-order chi connectivity index (χ0) is 14.8. The minimum absolute atomic E-state index is 0.201. The van der Waals surface area contributed by atoms with E-state index in [1.165, 1.54) is 25.3 Å². The lowest BCUT2D eigenvalue weighted by Gasteiger charge is -2.26. The number of anilines is 2. The van der Waals surface area contributed by atoms with Gasteiger partial charge in [-0.15, -0.1) is 0 Å². The normalized spacial score (nSPS) is 15.2. The summed E-state index contributed by atoms with van der Waals surface area (Å²) < 4.78 is 1.88. The van der Waals surface area contributed by atoms with Gasteiger partial charge in [0.2, 0.25) is 5.91 Å². The Labute approximate surface area is 124 Å². The molecule has 1 saturated heterocycles. The van der Waals surface area contributed by atoms with Crippen molar-refractivity contribution in [2.75, 3.05) is 23.3 Å². The minimum atomic E-state index is -0.201. The Morgan fingerprint density at radius 1 is 1.33 bits per heavy atom. The molecule has 1 amide bonds. The Balaban J connectivity index is 1.97. The molecular weight excluding hydrogens is 264 g/mol. The summed E-state index contributed by atoms with van der Waals surface area (Å²) in [7, 11) is 1.94. The lowest BCUT2D eigenvalue weighted by molar-refractivity contribution is -0.111. The third kappa shape index (κ3) is 2.63. The number of hydrogen-bond donors (Lipinski definition) is 1. The standard InChI is InChI=1S/C16H20N4O/c1-3-15(21)17-12-7-8-13-14(11-12)19(2)18-16(13)20-9-5-4-6-10-20/h3,7-8,11H,1,4-6,9-10H2,2H3,(H,17,21). The van der Waals surface area contributed by atoms with Crippen molar-refractivity contribution in [1.82, 2.24) is 9.78 Å². The zero-order valence-electron chi connectivity index (χ0n) is 12.3. The van der Waals surface area contributed by atoms with Gasteiger partial charge in [-0.1, -0.05) is 6.58 Å². The number of nitrogens with one attached hydrogen (secondary N) is 1. The molecule has 5 heteroatoms. The van der Waals surface area contributed by atoms with Crippen molar-refractivity contribution in [2.45, 2.75) is 19.3 Å². The molecule has 1 aliphatic heterocycles. The third-order valence-electron chi connectivity index (χ3n) is 3.94. The summed E-state index contributed by atoms with van der Waals surface area (Å²) in [6.45, 7) is 5.61. The highest BCUT2D eigenvalue weighted by Gasteiger charge is 2.18. The van der Waals surface area contributed by atoms with Gasteiger partial charge in [0.15, 0.2) is 5.82 Å².